The first-order chi connectivity index (χ1) is 22.2. The van der Waals surface area contributed by atoms with Crippen molar-refractivity contribution in [3.8, 4) is 56.2 Å². The van der Waals surface area contributed by atoms with Crippen LogP contribution < -0.4 is 0 Å². The number of fused-ring (bicyclic) bond motifs is 2. The van der Waals surface area contributed by atoms with Crippen LogP contribution in [0.4, 0.5) is 0 Å². The molecule has 0 bridgehead atoms. The Balaban J connectivity index is 1.45. The second-order valence-corrected chi connectivity index (χ2v) is 11.5. The van der Waals surface area contributed by atoms with Crippen molar-refractivity contribution in [2.75, 3.05) is 0 Å². The minimum atomic E-state index is 0.710. The number of hydrogen-bond acceptors (Lipinski definition) is 2. The fraction of sp³-hybridized carbons (Fsp3) is 0.0233. The molecular weight excluding hydrogens is 544 g/mol. The zero-order chi connectivity index (χ0) is 30.2. The van der Waals surface area contributed by atoms with Crippen LogP contribution in [0.25, 0.3) is 77.7 Å². The van der Waals surface area contributed by atoms with E-state index in [1.54, 1.807) is 0 Å². The monoisotopic (exact) mass is 574 g/mol. The third-order valence-electron chi connectivity index (χ3n) is 8.52. The predicted octanol–water partition coefficient (Wildman–Crippen LogP) is 11.4. The molecule has 0 saturated heterocycles. The van der Waals surface area contributed by atoms with Gasteiger partial charge in [-0.3, -0.25) is 0 Å². The van der Waals surface area contributed by atoms with Crippen LogP contribution in [-0.2, 0) is 0 Å². The molecule has 0 aliphatic rings. The number of benzene rings is 7. The summed E-state index contributed by atoms with van der Waals surface area (Å²) in [5, 5.41) is 4.89. The summed E-state index contributed by atoms with van der Waals surface area (Å²) in [7, 11) is 0. The highest BCUT2D eigenvalue weighted by atomic mass is 14.9. The van der Waals surface area contributed by atoms with E-state index in [2.05, 4.69) is 159 Å². The quantitative estimate of drug-likeness (QED) is 0.191. The van der Waals surface area contributed by atoms with Crippen molar-refractivity contribution in [3.63, 3.8) is 0 Å². The molecule has 0 radical (unpaired) electrons. The van der Waals surface area contributed by atoms with E-state index in [-0.39, 0.29) is 0 Å². The van der Waals surface area contributed by atoms with E-state index in [1.165, 1.54) is 49.4 Å². The van der Waals surface area contributed by atoms with Gasteiger partial charge >= 0.3 is 0 Å². The Bertz CT molecular complexity index is 2240. The fourth-order valence-corrected chi connectivity index (χ4v) is 6.40. The van der Waals surface area contributed by atoms with E-state index in [0.717, 1.165) is 28.1 Å². The van der Waals surface area contributed by atoms with Gasteiger partial charge in [-0.25, -0.2) is 9.97 Å². The van der Waals surface area contributed by atoms with Gasteiger partial charge in [0.25, 0.3) is 0 Å². The van der Waals surface area contributed by atoms with Crippen molar-refractivity contribution in [1.82, 2.24) is 9.97 Å². The molecule has 2 heteroatoms. The molecule has 212 valence electrons. The van der Waals surface area contributed by atoms with E-state index in [0.29, 0.717) is 5.82 Å². The van der Waals surface area contributed by atoms with Crippen molar-refractivity contribution in [3.05, 3.63) is 169 Å². The number of rotatable bonds is 5. The van der Waals surface area contributed by atoms with Crippen LogP contribution in [-0.4, -0.2) is 9.97 Å². The summed E-state index contributed by atoms with van der Waals surface area (Å²) < 4.78 is 0. The minimum Gasteiger partial charge on any atom is -0.228 e. The zero-order valence-electron chi connectivity index (χ0n) is 25.0. The lowest BCUT2D eigenvalue weighted by molar-refractivity contribution is 1.18. The second-order valence-electron chi connectivity index (χ2n) is 11.5. The first kappa shape index (κ1) is 26.7. The number of aromatic nitrogens is 2. The van der Waals surface area contributed by atoms with Crippen molar-refractivity contribution >= 4 is 21.5 Å². The predicted molar refractivity (Wildman–Crippen MR) is 189 cm³/mol. The van der Waals surface area contributed by atoms with Crippen LogP contribution in [0.2, 0.25) is 0 Å². The van der Waals surface area contributed by atoms with Crippen LogP contribution in [0.3, 0.4) is 0 Å². The van der Waals surface area contributed by atoms with Gasteiger partial charge in [0.1, 0.15) is 0 Å². The lowest BCUT2D eigenvalue weighted by Crippen LogP contribution is -1.97. The molecular formula is C43H30N2. The Morgan fingerprint density at radius 2 is 0.756 bits per heavy atom. The van der Waals surface area contributed by atoms with Gasteiger partial charge < -0.3 is 0 Å². The molecule has 0 unspecified atom stereocenters. The maximum Gasteiger partial charge on any atom is 0.160 e. The fourth-order valence-electron chi connectivity index (χ4n) is 6.40. The van der Waals surface area contributed by atoms with Crippen molar-refractivity contribution < 1.29 is 0 Å². The van der Waals surface area contributed by atoms with E-state index >= 15 is 0 Å². The lowest BCUT2D eigenvalue weighted by Gasteiger charge is -2.19. The molecule has 1 heterocycles. The molecule has 2 nitrogen and oxygen atoms in total. The summed E-state index contributed by atoms with van der Waals surface area (Å²) in [5.74, 6) is 0.710. The number of hydrogen-bond donors (Lipinski definition) is 0. The van der Waals surface area contributed by atoms with E-state index in [9.17, 15) is 0 Å². The summed E-state index contributed by atoms with van der Waals surface area (Å²) in [6.07, 6.45) is 0. The molecule has 1 aromatic heterocycles. The molecule has 0 spiro atoms. The van der Waals surface area contributed by atoms with Gasteiger partial charge in [-0.1, -0.05) is 157 Å². The molecule has 0 N–H and O–H groups in total. The normalized spacial score (nSPS) is 11.2. The highest BCUT2D eigenvalue weighted by Crippen LogP contribution is 2.45. The first-order valence-corrected chi connectivity index (χ1v) is 15.3. The van der Waals surface area contributed by atoms with Crippen LogP contribution in [0, 0.1) is 6.92 Å². The maximum atomic E-state index is 5.15. The lowest BCUT2D eigenvalue weighted by atomic mass is 9.85. The molecule has 0 aliphatic carbocycles. The summed E-state index contributed by atoms with van der Waals surface area (Å²) in [6.45, 7) is 2.17. The van der Waals surface area contributed by atoms with E-state index in [4.69, 9.17) is 9.97 Å². The minimum absolute atomic E-state index is 0.710. The molecule has 8 rings (SSSR count). The Kier molecular flexibility index (Phi) is 6.73. The summed E-state index contributed by atoms with van der Waals surface area (Å²) in [6, 6.07) is 57.9. The van der Waals surface area contributed by atoms with Gasteiger partial charge in [-0.05, 0) is 62.9 Å². The van der Waals surface area contributed by atoms with Crippen molar-refractivity contribution in [2.45, 2.75) is 6.92 Å². The Hall–Kier alpha value is -5.86. The summed E-state index contributed by atoms with van der Waals surface area (Å²) in [5.41, 5.74) is 11.0. The van der Waals surface area contributed by atoms with Crippen molar-refractivity contribution in [2.24, 2.45) is 0 Å². The third kappa shape index (κ3) is 4.97. The topological polar surface area (TPSA) is 25.8 Å². The third-order valence-corrected chi connectivity index (χ3v) is 8.52. The summed E-state index contributed by atoms with van der Waals surface area (Å²) in [4.78, 5) is 10.3. The van der Waals surface area contributed by atoms with Crippen LogP contribution in [0.1, 0.15) is 5.56 Å². The average molecular weight is 575 g/mol. The SMILES string of the molecule is Cc1ccc2c(-c3ccccc3)c3cc(-c4nc(-c5ccccc5)cc(-c5ccccc5)n4)ccc3c(-c3ccccc3)c2c1. The van der Waals surface area contributed by atoms with E-state index in [1.807, 2.05) is 12.1 Å². The Morgan fingerprint density at radius 3 is 1.24 bits per heavy atom. The smallest absolute Gasteiger partial charge is 0.160 e. The van der Waals surface area contributed by atoms with Gasteiger partial charge in [0.05, 0.1) is 11.4 Å². The number of aryl methyl sites for hydroxylation is 1. The van der Waals surface area contributed by atoms with E-state index < -0.39 is 0 Å². The molecule has 45 heavy (non-hydrogen) atoms. The molecule has 0 saturated carbocycles. The van der Waals surface area contributed by atoms with Gasteiger partial charge in [-0.2, -0.15) is 0 Å². The molecule has 0 fully saturated rings. The Morgan fingerprint density at radius 1 is 0.333 bits per heavy atom. The first-order valence-electron chi connectivity index (χ1n) is 15.3. The van der Waals surface area contributed by atoms with Gasteiger partial charge in [0.2, 0.25) is 0 Å². The average Bonchev–Trinajstić information content (AvgIpc) is 3.11. The molecule has 0 amide bonds. The van der Waals surface area contributed by atoms with Gasteiger partial charge in [0.15, 0.2) is 5.82 Å². The van der Waals surface area contributed by atoms with Crippen LogP contribution in [0.15, 0.2) is 164 Å². The van der Waals surface area contributed by atoms with Crippen molar-refractivity contribution in [1.29, 1.82) is 0 Å². The molecule has 8 aromatic rings. The Labute approximate surface area is 263 Å². The summed E-state index contributed by atoms with van der Waals surface area (Å²) >= 11 is 0. The zero-order valence-corrected chi connectivity index (χ0v) is 25.0. The highest BCUT2D eigenvalue weighted by molar-refractivity contribution is 6.22. The maximum absolute atomic E-state index is 5.15. The van der Waals surface area contributed by atoms with Crippen LogP contribution in [0.5, 0.6) is 0 Å². The molecule has 7 aromatic carbocycles. The van der Waals surface area contributed by atoms with Gasteiger partial charge in [0, 0.05) is 16.7 Å². The van der Waals surface area contributed by atoms with Gasteiger partial charge in [-0.15, -0.1) is 0 Å². The second kappa shape index (κ2) is 11.3. The molecule has 0 atom stereocenters. The highest BCUT2D eigenvalue weighted by Gasteiger charge is 2.19. The molecule has 0 aliphatic heterocycles. The standard InChI is InChI=1S/C43H30N2/c1-29-22-24-35-37(26-29)41(32-18-10-4-11-19-32)36-25-23-34(27-38(36)42(35)33-20-12-5-13-21-33)43-44-39(30-14-6-2-7-15-30)28-40(45-43)31-16-8-3-9-17-31/h2-28H,1H3. The van der Waals surface area contributed by atoms with Crippen LogP contribution >= 0.6 is 0 Å². The largest absolute Gasteiger partial charge is 0.228 e. The number of nitrogens with zero attached hydrogens (tertiary/aromatic N) is 2.